The molecule has 8 amide bonds. The highest BCUT2D eigenvalue weighted by molar-refractivity contribution is 7.18. The first-order valence-electron chi connectivity index (χ1n) is 47.1. The van der Waals surface area contributed by atoms with E-state index in [2.05, 4.69) is 117 Å². The smallest absolute Gasteiger partial charge is 0.280 e. The molecule has 12 heterocycles. The number of likely N-dealkylation sites (tertiary alicyclic amines) is 4. The number of rotatable bonds is 30. The van der Waals surface area contributed by atoms with Gasteiger partial charge in [0.2, 0.25) is 0 Å². The summed E-state index contributed by atoms with van der Waals surface area (Å²) in [5, 5.41) is 64.8. The average Bonchev–Trinajstić information content (AvgIpc) is 1.66. The Morgan fingerprint density at radius 1 is 0.441 bits per heavy atom. The van der Waals surface area contributed by atoms with Crippen LogP contribution in [0.2, 0.25) is 0 Å². The maximum atomic E-state index is 14.0. The summed E-state index contributed by atoms with van der Waals surface area (Å²) in [7, 11) is 0. The van der Waals surface area contributed by atoms with Gasteiger partial charge in [0.15, 0.2) is 20.0 Å². The highest BCUT2D eigenvalue weighted by Crippen LogP contribution is 2.45. The standard InChI is InChI=1S/C26H37N5O3S.C25H35N5O3S.C24H35N5O3S.C23H31F2N5O3S/c1-15-12-19(30-26(5,6)17-9-10-17)27-13-18(15)21-20(24(33)31-11-7-8-16(31)2)29-23(35-21)22(32)28-14-25(3,4)34;1-15-12-18(29-25(5)9-7-10-25)26-13-17(15)20-19(23(32)30-11-6-8-16(30)2)28-22(34-20)21(31)27-14-24(3,4)33;1-7-15(3)27-18-11-14(2)17(12-25-18)20-19(23(31)29-10-8-9-16(29)4)28-22(33-20)21(30)26-13-24(5,6)32;1-12(2)28-16-7-13(3)15(9-26-16)18-17(21(32)30-11-23(24,25)8-14(30)4)29-20(34-18)19(31)27-10-22(5,6)33/h12-13,16-17,34H,7-11,14H2,1-6H3,(H,27,30)(H,28,32);12-13,16,33H,6-11,14H2,1-5H3,(H,26,29)(H,27,31);11-12,15-16,32H,7-10,13H2,1-6H3,(H,25,27)(H,26,30);7,9,12,14,33H,8,10-11H2,1-6H3,(H,26,28)(H,27,31)/t2*16-;15-,16+;14-/m0010/s1. The van der Waals surface area contributed by atoms with Crippen molar-refractivity contribution in [1.29, 1.82) is 0 Å². The fraction of sp³-hybridized carbons (Fsp3) is 0.592. The summed E-state index contributed by atoms with van der Waals surface area (Å²) in [5.41, 5.74) is 3.28. The van der Waals surface area contributed by atoms with Crippen LogP contribution in [0, 0.1) is 33.6 Å². The van der Waals surface area contributed by atoms with E-state index in [0.717, 1.165) is 130 Å². The Morgan fingerprint density at radius 2 is 0.743 bits per heavy atom. The van der Waals surface area contributed by atoms with Crippen molar-refractivity contribution in [3.05, 3.63) is 114 Å². The zero-order chi connectivity index (χ0) is 100.0. The molecular formula is C98H138F2N20O12S4. The minimum absolute atomic E-state index is 0.00462. The fourth-order valence-corrected chi connectivity index (χ4v) is 20.7. The molecule has 8 aromatic rings. The maximum Gasteiger partial charge on any atom is 0.280 e. The summed E-state index contributed by atoms with van der Waals surface area (Å²) in [6, 6.07) is 8.00. The van der Waals surface area contributed by atoms with Gasteiger partial charge in [0.1, 0.15) is 46.0 Å². The molecule has 38 heteroatoms. The second-order valence-corrected chi connectivity index (χ2v) is 45.0. The van der Waals surface area contributed by atoms with Crippen LogP contribution in [-0.4, -0.2) is 255 Å². The topological polar surface area (TPSA) is 430 Å². The molecule has 0 bridgehead atoms. The first kappa shape index (κ1) is 106. The van der Waals surface area contributed by atoms with Crippen molar-refractivity contribution in [1.82, 2.24) is 80.7 Å². The Hall–Kier alpha value is -10.2. The van der Waals surface area contributed by atoms with Gasteiger partial charge in [-0.05, 0) is 282 Å². The number of aliphatic hydroxyl groups is 4. The molecule has 0 unspecified atom stereocenters. The molecule has 8 aromatic heterocycles. The number of aryl methyl sites for hydroxylation is 4. The average molecular weight is 1950 g/mol. The molecule has 32 nitrogen and oxygen atoms in total. The van der Waals surface area contributed by atoms with E-state index >= 15 is 0 Å². The maximum absolute atomic E-state index is 14.0. The molecule has 4 saturated heterocycles. The summed E-state index contributed by atoms with van der Waals surface area (Å²) in [5.74, 6) is -2.14. The summed E-state index contributed by atoms with van der Waals surface area (Å²) in [4.78, 5) is 150. The van der Waals surface area contributed by atoms with Gasteiger partial charge in [0.05, 0.1) is 48.5 Å². The number of carbonyl (C=O) groups excluding carboxylic acids is 8. The molecule has 2 aliphatic carbocycles. The van der Waals surface area contributed by atoms with Gasteiger partial charge in [-0.15, -0.1) is 45.3 Å². The van der Waals surface area contributed by atoms with Crippen molar-refractivity contribution in [3.63, 3.8) is 0 Å². The SMILES string of the molecule is CC[C@@H](C)Nc1cc(C)c(-c2sc(C(=O)NCC(C)(C)O)nc2C(=O)N2CCC[C@@H]2C)cn1.Cc1cc(NC(C)(C)C2CC2)ncc1-c1sc(C(=O)NCC(C)(C)O)nc1C(=O)N1CCC[C@@H]1C.Cc1cc(NC(C)C)ncc1-c1sc(C(=O)NCC(C)(C)O)nc1C(=O)N1CC(F)(F)C[C@@H]1C.Cc1cc(NC2(C)CCC2)ncc1-c1sc(C(=O)NCC(C)(C)O)nc1C(=O)N1CCC[C@@H]1C. The predicted octanol–water partition coefficient (Wildman–Crippen LogP) is 15.8. The molecule has 14 rings (SSSR count). The Balaban J connectivity index is 0.000000174. The minimum Gasteiger partial charge on any atom is -0.389 e. The number of carbonyl (C=O) groups is 8. The highest BCUT2D eigenvalue weighted by atomic mass is 32.1. The lowest BCUT2D eigenvalue weighted by Crippen LogP contribution is -2.41. The second-order valence-electron chi connectivity index (χ2n) is 41.0. The number of hydrogen-bond donors (Lipinski definition) is 12. The zero-order valence-electron chi connectivity index (χ0n) is 82.8. The van der Waals surface area contributed by atoms with E-state index in [1.165, 1.54) is 53.3 Å². The molecule has 5 atom stereocenters. The summed E-state index contributed by atoms with van der Waals surface area (Å²) in [6.45, 7) is 44.7. The normalized spacial score (nSPS) is 18.3. The summed E-state index contributed by atoms with van der Waals surface area (Å²) < 4.78 is 28.0. The molecule has 6 aliphatic rings. The molecule has 12 N–H and O–H groups in total. The van der Waals surface area contributed by atoms with Crippen molar-refractivity contribution in [3.8, 4) is 41.8 Å². The largest absolute Gasteiger partial charge is 0.389 e. The number of nitrogens with one attached hydrogen (secondary N) is 8. The predicted molar refractivity (Wildman–Crippen MR) is 533 cm³/mol. The fourth-order valence-electron chi connectivity index (χ4n) is 16.5. The Labute approximate surface area is 812 Å². The van der Waals surface area contributed by atoms with Crippen LogP contribution in [0.4, 0.5) is 32.1 Å². The van der Waals surface area contributed by atoms with Crippen LogP contribution in [0.3, 0.4) is 0 Å². The van der Waals surface area contributed by atoms with Crippen LogP contribution in [0.5, 0.6) is 0 Å². The number of halogens is 2. The van der Waals surface area contributed by atoms with Crippen LogP contribution in [0.1, 0.15) is 318 Å². The van der Waals surface area contributed by atoms with Crippen LogP contribution < -0.4 is 42.5 Å². The lowest BCUT2D eigenvalue weighted by Gasteiger charge is -2.39. The Morgan fingerprint density at radius 3 is 1.01 bits per heavy atom. The van der Waals surface area contributed by atoms with Crippen molar-refractivity contribution < 1.29 is 67.6 Å². The van der Waals surface area contributed by atoms with E-state index in [1.807, 2.05) is 101 Å². The van der Waals surface area contributed by atoms with Gasteiger partial charge in [-0.2, -0.15) is 0 Å². The van der Waals surface area contributed by atoms with E-state index in [1.54, 1.807) is 87.1 Å². The molecule has 6 fully saturated rings. The van der Waals surface area contributed by atoms with E-state index < -0.39 is 76.9 Å². The number of aromatic nitrogens is 8. The summed E-state index contributed by atoms with van der Waals surface area (Å²) in [6.07, 6.45) is 19.1. The number of pyridine rings is 4. The number of thiazole rings is 4. The summed E-state index contributed by atoms with van der Waals surface area (Å²) >= 11 is 4.57. The van der Waals surface area contributed by atoms with E-state index in [-0.39, 0.29) is 111 Å². The third kappa shape index (κ3) is 27.9. The lowest BCUT2D eigenvalue weighted by molar-refractivity contribution is 0.0117. The minimum atomic E-state index is -2.97. The van der Waals surface area contributed by atoms with Gasteiger partial charge in [-0.3, -0.25) is 38.4 Å². The monoisotopic (exact) mass is 1950 g/mol. The Kier molecular flexibility index (Phi) is 33.9. The first-order chi connectivity index (χ1) is 63.5. The first-order valence-corrected chi connectivity index (χ1v) is 50.4. The van der Waals surface area contributed by atoms with Crippen molar-refractivity contribution >= 4 is 116 Å². The van der Waals surface area contributed by atoms with Crippen LogP contribution >= 0.6 is 45.3 Å². The molecule has 0 spiro atoms. The number of amides is 8. The van der Waals surface area contributed by atoms with Gasteiger partial charge in [-0.25, -0.2) is 48.7 Å². The van der Waals surface area contributed by atoms with Gasteiger partial charge < -0.3 is 82.6 Å². The molecule has 740 valence electrons. The molecule has 4 aliphatic heterocycles. The van der Waals surface area contributed by atoms with Gasteiger partial charge >= 0.3 is 0 Å². The van der Waals surface area contributed by atoms with Crippen molar-refractivity contribution in [2.75, 3.05) is 73.6 Å². The lowest BCUT2D eigenvalue weighted by atomic mass is 9.78. The molecule has 0 aromatic carbocycles. The van der Waals surface area contributed by atoms with Gasteiger partial charge in [0, 0.05) is 147 Å². The van der Waals surface area contributed by atoms with Crippen LogP contribution in [-0.2, 0) is 0 Å². The van der Waals surface area contributed by atoms with E-state index in [0.29, 0.717) is 73.9 Å². The van der Waals surface area contributed by atoms with Crippen molar-refractivity contribution in [2.45, 2.75) is 318 Å². The second kappa shape index (κ2) is 43.4. The quantitative estimate of drug-likeness (QED) is 0.0199. The van der Waals surface area contributed by atoms with Crippen LogP contribution in [0.15, 0.2) is 49.1 Å². The van der Waals surface area contributed by atoms with E-state index in [4.69, 9.17) is 0 Å². The third-order valence-corrected chi connectivity index (χ3v) is 29.2. The molecule has 0 radical (unpaired) electrons. The van der Waals surface area contributed by atoms with Crippen LogP contribution in [0.25, 0.3) is 41.8 Å². The number of alkyl halides is 2. The molecule has 2 saturated carbocycles. The number of hydrogen-bond acceptors (Lipinski definition) is 28. The zero-order valence-corrected chi connectivity index (χ0v) is 86.1. The molecule has 136 heavy (non-hydrogen) atoms. The number of anilines is 4. The molecular weight excluding hydrogens is 1820 g/mol. The van der Waals surface area contributed by atoms with Gasteiger partial charge in [-0.1, -0.05) is 6.92 Å². The number of nitrogens with zero attached hydrogens (tertiary/aromatic N) is 12. The Bertz CT molecular complexity index is 5660. The van der Waals surface area contributed by atoms with Gasteiger partial charge in [0.25, 0.3) is 53.2 Å². The highest BCUT2D eigenvalue weighted by Gasteiger charge is 2.47. The van der Waals surface area contributed by atoms with E-state index in [9.17, 15) is 67.6 Å². The third-order valence-electron chi connectivity index (χ3n) is 24.9. The van der Waals surface area contributed by atoms with Crippen molar-refractivity contribution in [2.24, 2.45) is 5.92 Å².